The maximum absolute atomic E-state index is 11.1. The van der Waals surface area contributed by atoms with Gasteiger partial charge in [-0.25, -0.2) is 14.8 Å². The van der Waals surface area contributed by atoms with Crippen LogP contribution >= 0.6 is 0 Å². The number of carboxylic acids is 1. The van der Waals surface area contributed by atoms with Gasteiger partial charge in [0.1, 0.15) is 6.33 Å². The smallest absolute Gasteiger partial charge is 0.358 e. The van der Waals surface area contributed by atoms with E-state index in [2.05, 4.69) is 15.0 Å². The molecule has 7 heteroatoms. The number of carbonyl (C=O) groups is 1. The van der Waals surface area contributed by atoms with E-state index >= 15 is 0 Å². The number of aromatic carboxylic acids is 1. The fraction of sp³-hybridized carbons (Fsp3) is 0.0769. The summed E-state index contributed by atoms with van der Waals surface area (Å²) in [5.74, 6) is -1.09. The third kappa shape index (κ3) is 2.45. The Labute approximate surface area is 136 Å². The average molecular weight is 277 g/mol. The van der Waals surface area contributed by atoms with Gasteiger partial charge in [-0.05, 0) is 25.1 Å². The molecule has 0 atom stereocenters. The quantitative estimate of drug-likeness (QED) is 0.716. The van der Waals surface area contributed by atoms with E-state index in [1.165, 1.54) is 6.33 Å². The predicted molar refractivity (Wildman–Crippen MR) is 73.7 cm³/mol. The molecule has 3 aromatic rings. The summed E-state index contributed by atoms with van der Waals surface area (Å²) in [6, 6.07) is 7.35. The second kappa shape index (κ2) is 5.70. The Kier molecular flexibility index (Phi) is 4.17. The zero-order chi connectivity index (χ0) is 13.4. The van der Waals surface area contributed by atoms with Crippen molar-refractivity contribution in [2.75, 3.05) is 0 Å². The monoisotopic (exact) mass is 277 g/mol. The van der Waals surface area contributed by atoms with Gasteiger partial charge < -0.3 is 5.11 Å². The van der Waals surface area contributed by atoms with Crippen molar-refractivity contribution >= 4 is 41.2 Å². The summed E-state index contributed by atoms with van der Waals surface area (Å²) >= 11 is 0. The number of hydrogen-bond donors (Lipinski definition) is 1. The van der Waals surface area contributed by atoms with Gasteiger partial charge >= 0.3 is 5.97 Å². The van der Waals surface area contributed by atoms with Crippen molar-refractivity contribution < 1.29 is 9.90 Å². The van der Waals surface area contributed by atoms with Gasteiger partial charge in [-0.2, -0.15) is 0 Å². The van der Waals surface area contributed by atoms with Crippen molar-refractivity contribution in [3.8, 4) is 11.4 Å². The van der Waals surface area contributed by atoms with Crippen LogP contribution in [0.25, 0.3) is 17.0 Å². The molecule has 6 nitrogen and oxygen atoms in total. The molecular formula is C13H10N4NaO2. The van der Waals surface area contributed by atoms with E-state index in [1.54, 1.807) is 10.6 Å². The maximum Gasteiger partial charge on any atom is 0.358 e. The van der Waals surface area contributed by atoms with Crippen molar-refractivity contribution in [3.05, 3.63) is 48.2 Å². The number of pyridine rings is 1. The molecule has 95 valence electrons. The fourth-order valence-electron chi connectivity index (χ4n) is 1.92. The molecule has 0 saturated heterocycles. The first kappa shape index (κ1) is 14.6. The first-order valence-electron chi connectivity index (χ1n) is 5.66. The molecule has 0 saturated carbocycles. The number of nitrogens with zero attached hydrogens (tertiary/aromatic N) is 4. The minimum absolute atomic E-state index is 0. The third-order valence-corrected chi connectivity index (χ3v) is 2.82. The van der Waals surface area contributed by atoms with Crippen molar-refractivity contribution in [3.63, 3.8) is 0 Å². The van der Waals surface area contributed by atoms with Crippen LogP contribution in [0.15, 0.2) is 36.8 Å². The molecule has 3 aromatic heterocycles. The topological polar surface area (TPSA) is 80.4 Å². The summed E-state index contributed by atoms with van der Waals surface area (Å²) in [6.45, 7) is 1.87. The van der Waals surface area contributed by atoms with E-state index in [1.807, 2.05) is 31.2 Å². The Morgan fingerprint density at radius 2 is 2.05 bits per heavy atom. The van der Waals surface area contributed by atoms with E-state index in [4.69, 9.17) is 5.11 Å². The third-order valence-electron chi connectivity index (χ3n) is 2.82. The number of imidazole rings is 1. The normalized spacial score (nSPS) is 10.2. The van der Waals surface area contributed by atoms with E-state index in [0.29, 0.717) is 17.0 Å². The minimum Gasteiger partial charge on any atom is -0.476 e. The van der Waals surface area contributed by atoms with Crippen LogP contribution in [-0.2, 0) is 0 Å². The van der Waals surface area contributed by atoms with Crippen LogP contribution in [0, 0.1) is 6.92 Å². The fourth-order valence-corrected chi connectivity index (χ4v) is 1.92. The average Bonchev–Trinajstić information content (AvgIpc) is 2.84. The van der Waals surface area contributed by atoms with Crippen LogP contribution in [0.5, 0.6) is 0 Å². The number of rotatable bonds is 2. The van der Waals surface area contributed by atoms with E-state index < -0.39 is 5.97 Å². The van der Waals surface area contributed by atoms with Gasteiger partial charge in [0, 0.05) is 41.4 Å². The molecule has 0 fully saturated rings. The number of aryl methyl sites for hydroxylation is 1. The van der Waals surface area contributed by atoms with Gasteiger partial charge in [0.2, 0.25) is 0 Å². The van der Waals surface area contributed by atoms with Crippen LogP contribution in [0.1, 0.15) is 16.2 Å². The predicted octanol–water partition coefficient (Wildman–Crippen LogP) is 1.42. The Morgan fingerprint density at radius 1 is 1.25 bits per heavy atom. The van der Waals surface area contributed by atoms with Crippen LogP contribution in [-0.4, -0.2) is 60.0 Å². The molecule has 1 N–H and O–H groups in total. The molecule has 0 bridgehead atoms. The van der Waals surface area contributed by atoms with Gasteiger partial charge in [-0.3, -0.25) is 9.38 Å². The zero-order valence-electron chi connectivity index (χ0n) is 11.1. The molecule has 0 aliphatic carbocycles. The van der Waals surface area contributed by atoms with Crippen molar-refractivity contribution in [1.29, 1.82) is 0 Å². The molecule has 0 aliphatic rings. The van der Waals surface area contributed by atoms with Gasteiger partial charge in [-0.15, -0.1) is 0 Å². The summed E-state index contributed by atoms with van der Waals surface area (Å²) in [6.07, 6.45) is 3.13. The second-order valence-electron chi connectivity index (χ2n) is 4.09. The van der Waals surface area contributed by atoms with Gasteiger partial charge in [0.25, 0.3) is 0 Å². The Hall–Kier alpha value is -1.76. The Bertz CT molecular complexity index is 771. The molecule has 0 aliphatic heterocycles. The van der Waals surface area contributed by atoms with Crippen LogP contribution in [0.3, 0.4) is 0 Å². The zero-order valence-corrected chi connectivity index (χ0v) is 13.1. The first-order chi connectivity index (χ1) is 9.16. The molecular weight excluding hydrogens is 267 g/mol. The first-order valence-corrected chi connectivity index (χ1v) is 5.66. The van der Waals surface area contributed by atoms with Crippen LogP contribution in [0.2, 0.25) is 0 Å². The molecule has 0 aromatic carbocycles. The number of carboxylic acid groups (broad SMARTS) is 1. The number of fused-ring (bicyclic) bond motifs is 1. The molecule has 0 unspecified atom stereocenters. The summed E-state index contributed by atoms with van der Waals surface area (Å²) < 4.78 is 1.65. The summed E-state index contributed by atoms with van der Waals surface area (Å²) in [4.78, 5) is 23.5. The van der Waals surface area contributed by atoms with E-state index in [9.17, 15) is 4.79 Å². The molecule has 0 amide bonds. The van der Waals surface area contributed by atoms with Crippen molar-refractivity contribution in [2.45, 2.75) is 6.92 Å². The summed E-state index contributed by atoms with van der Waals surface area (Å²) in [7, 11) is 0. The van der Waals surface area contributed by atoms with Crippen molar-refractivity contribution in [1.82, 2.24) is 19.4 Å². The molecule has 3 rings (SSSR count). The van der Waals surface area contributed by atoms with E-state index in [-0.39, 0.29) is 35.3 Å². The van der Waals surface area contributed by atoms with Gasteiger partial charge in [0.05, 0.1) is 11.4 Å². The largest absolute Gasteiger partial charge is 0.476 e. The summed E-state index contributed by atoms with van der Waals surface area (Å²) in [5, 5.41) is 9.09. The Balaban J connectivity index is 0.00000147. The van der Waals surface area contributed by atoms with E-state index in [0.717, 1.165) is 5.69 Å². The molecule has 0 spiro atoms. The molecule has 1 radical (unpaired) electrons. The number of hydrogen-bond acceptors (Lipinski definition) is 4. The SMILES string of the molecule is Cc1cc(-c2ccccn2)nc2c(C(=O)O)ncn12.[Na]. The standard InChI is InChI=1S/C13H10N4O2.Na/c1-8-6-10(9-4-2-3-5-14-9)16-12-11(13(18)19)15-7-17(8)12;/h2-7H,1H3,(H,18,19);. The van der Waals surface area contributed by atoms with Crippen molar-refractivity contribution in [2.24, 2.45) is 0 Å². The van der Waals surface area contributed by atoms with Crippen LogP contribution < -0.4 is 0 Å². The van der Waals surface area contributed by atoms with Gasteiger partial charge in [-0.1, -0.05) is 6.07 Å². The molecule has 20 heavy (non-hydrogen) atoms. The molecule has 3 heterocycles. The van der Waals surface area contributed by atoms with Crippen LogP contribution in [0.4, 0.5) is 0 Å². The summed E-state index contributed by atoms with van der Waals surface area (Å²) in [5.41, 5.74) is 2.46. The second-order valence-corrected chi connectivity index (χ2v) is 4.09. The maximum atomic E-state index is 11.1. The number of aromatic nitrogens is 4. The van der Waals surface area contributed by atoms with Gasteiger partial charge in [0.15, 0.2) is 11.3 Å². The Morgan fingerprint density at radius 3 is 2.70 bits per heavy atom. The minimum atomic E-state index is -1.09.